The van der Waals surface area contributed by atoms with E-state index in [2.05, 4.69) is 20.1 Å². The Labute approximate surface area is 131 Å². The average Bonchev–Trinajstić information content (AvgIpc) is 3.05. The lowest BCUT2D eigenvalue weighted by molar-refractivity contribution is 0.856. The van der Waals surface area contributed by atoms with Crippen molar-refractivity contribution >= 4 is 40.0 Å². The second-order valence-electron chi connectivity index (χ2n) is 4.72. The van der Waals surface area contributed by atoms with Crippen LogP contribution in [0.25, 0.3) is 11.0 Å². The highest BCUT2D eigenvalue weighted by atomic mass is 35.5. The monoisotopic (exact) mass is 317 g/mol. The van der Waals surface area contributed by atoms with E-state index in [0.29, 0.717) is 17.3 Å². The SMILES string of the molecule is Cc1c(CNc2c(Cl)ccc3nsnc23)cc(C#N)n1C. The summed E-state index contributed by atoms with van der Waals surface area (Å²) in [5.41, 5.74) is 5.15. The summed E-state index contributed by atoms with van der Waals surface area (Å²) in [6.45, 7) is 2.57. The molecule has 106 valence electrons. The van der Waals surface area contributed by atoms with E-state index >= 15 is 0 Å². The summed E-state index contributed by atoms with van der Waals surface area (Å²) in [6.07, 6.45) is 0. The molecule has 0 atom stereocenters. The Morgan fingerprint density at radius 2 is 2.24 bits per heavy atom. The summed E-state index contributed by atoms with van der Waals surface area (Å²) in [5, 5.41) is 13.0. The van der Waals surface area contributed by atoms with Gasteiger partial charge in [-0.3, -0.25) is 0 Å². The normalized spacial score (nSPS) is 10.8. The molecule has 2 aromatic heterocycles. The van der Waals surface area contributed by atoms with Crippen LogP contribution in [-0.2, 0) is 13.6 Å². The van der Waals surface area contributed by atoms with Crippen molar-refractivity contribution in [3.8, 4) is 6.07 Å². The molecule has 3 rings (SSSR count). The van der Waals surface area contributed by atoms with E-state index in [1.165, 1.54) is 0 Å². The molecule has 1 aromatic carbocycles. The first kappa shape index (κ1) is 13.9. The zero-order valence-corrected chi connectivity index (χ0v) is 13.1. The van der Waals surface area contributed by atoms with Gasteiger partial charge in [0.05, 0.1) is 22.4 Å². The van der Waals surface area contributed by atoms with Crippen LogP contribution in [0.3, 0.4) is 0 Å². The first-order valence-corrected chi connectivity index (χ1v) is 7.42. The minimum atomic E-state index is 0.581. The number of nitrogens with one attached hydrogen (secondary N) is 1. The number of nitriles is 1. The maximum absolute atomic E-state index is 9.07. The van der Waals surface area contributed by atoms with Crippen molar-refractivity contribution in [1.82, 2.24) is 13.3 Å². The van der Waals surface area contributed by atoms with Gasteiger partial charge < -0.3 is 9.88 Å². The van der Waals surface area contributed by atoms with Crippen LogP contribution in [0.5, 0.6) is 0 Å². The van der Waals surface area contributed by atoms with Crippen molar-refractivity contribution in [3.05, 3.63) is 40.2 Å². The highest BCUT2D eigenvalue weighted by molar-refractivity contribution is 7.00. The third-order valence-electron chi connectivity index (χ3n) is 3.59. The molecule has 0 aliphatic carbocycles. The van der Waals surface area contributed by atoms with Crippen LogP contribution in [0.2, 0.25) is 5.02 Å². The van der Waals surface area contributed by atoms with Gasteiger partial charge in [-0.1, -0.05) is 11.6 Å². The molecular formula is C14H12ClN5S. The van der Waals surface area contributed by atoms with Gasteiger partial charge in [-0.15, -0.1) is 0 Å². The third-order valence-corrected chi connectivity index (χ3v) is 4.44. The van der Waals surface area contributed by atoms with E-state index < -0.39 is 0 Å². The number of aromatic nitrogens is 3. The maximum atomic E-state index is 9.07. The van der Waals surface area contributed by atoms with Crippen LogP contribution in [0.15, 0.2) is 18.2 Å². The Kier molecular flexibility index (Phi) is 3.53. The summed E-state index contributed by atoms with van der Waals surface area (Å²) in [4.78, 5) is 0. The Bertz CT molecular complexity index is 858. The van der Waals surface area contributed by atoms with Gasteiger partial charge in [0.1, 0.15) is 22.8 Å². The maximum Gasteiger partial charge on any atom is 0.129 e. The molecule has 21 heavy (non-hydrogen) atoms. The molecule has 0 saturated heterocycles. The first-order chi connectivity index (χ1) is 10.1. The number of nitrogens with zero attached hydrogens (tertiary/aromatic N) is 4. The minimum absolute atomic E-state index is 0.581. The van der Waals surface area contributed by atoms with Gasteiger partial charge in [-0.2, -0.15) is 14.0 Å². The number of hydrogen-bond acceptors (Lipinski definition) is 5. The second-order valence-corrected chi connectivity index (χ2v) is 5.65. The molecule has 0 fully saturated rings. The summed E-state index contributed by atoms with van der Waals surface area (Å²) >= 11 is 7.41. The van der Waals surface area contributed by atoms with Crippen molar-refractivity contribution < 1.29 is 0 Å². The second kappa shape index (κ2) is 5.35. The van der Waals surface area contributed by atoms with Crippen molar-refractivity contribution in [2.45, 2.75) is 13.5 Å². The fraction of sp³-hybridized carbons (Fsp3) is 0.214. The first-order valence-electron chi connectivity index (χ1n) is 6.31. The van der Waals surface area contributed by atoms with Crippen LogP contribution in [0.1, 0.15) is 17.0 Å². The molecule has 0 aliphatic heterocycles. The van der Waals surface area contributed by atoms with Gasteiger partial charge in [0.25, 0.3) is 0 Å². The van der Waals surface area contributed by atoms with Crippen molar-refractivity contribution in [3.63, 3.8) is 0 Å². The Balaban J connectivity index is 1.92. The van der Waals surface area contributed by atoms with E-state index in [1.807, 2.05) is 36.7 Å². The van der Waals surface area contributed by atoms with Crippen molar-refractivity contribution in [2.24, 2.45) is 7.05 Å². The van der Waals surface area contributed by atoms with E-state index in [-0.39, 0.29) is 0 Å². The molecule has 5 nitrogen and oxygen atoms in total. The van der Waals surface area contributed by atoms with E-state index in [0.717, 1.165) is 39.7 Å². The Morgan fingerprint density at radius 3 is 2.95 bits per heavy atom. The molecule has 0 radical (unpaired) electrons. The lowest BCUT2D eigenvalue weighted by Crippen LogP contribution is -2.02. The lowest BCUT2D eigenvalue weighted by atomic mass is 10.2. The highest BCUT2D eigenvalue weighted by Gasteiger charge is 2.12. The third kappa shape index (κ3) is 2.35. The van der Waals surface area contributed by atoms with E-state index in [1.54, 1.807) is 0 Å². The Morgan fingerprint density at radius 1 is 1.43 bits per heavy atom. The van der Waals surface area contributed by atoms with Crippen LogP contribution >= 0.6 is 23.3 Å². The van der Waals surface area contributed by atoms with E-state index in [9.17, 15) is 0 Å². The summed E-state index contributed by atoms with van der Waals surface area (Å²) < 4.78 is 10.4. The average molecular weight is 318 g/mol. The molecule has 0 bridgehead atoms. The summed E-state index contributed by atoms with van der Waals surface area (Å²) in [5.74, 6) is 0. The minimum Gasteiger partial charge on any atom is -0.378 e. The number of halogens is 1. The number of fused-ring (bicyclic) bond motifs is 1. The predicted molar refractivity (Wildman–Crippen MR) is 84.6 cm³/mol. The summed E-state index contributed by atoms with van der Waals surface area (Å²) in [7, 11) is 1.88. The fourth-order valence-corrected chi connectivity index (χ4v) is 2.99. The van der Waals surface area contributed by atoms with Crippen LogP contribution in [-0.4, -0.2) is 13.3 Å². The fourth-order valence-electron chi connectivity index (χ4n) is 2.23. The smallest absolute Gasteiger partial charge is 0.129 e. The molecule has 2 heterocycles. The standard InChI is InChI=1S/C14H12ClN5S/c1-8-9(5-10(6-16)20(8)2)7-17-13-11(15)3-4-12-14(13)19-21-18-12/h3-5,17H,7H2,1-2H3. The van der Waals surface area contributed by atoms with E-state index in [4.69, 9.17) is 16.9 Å². The molecule has 7 heteroatoms. The molecule has 0 spiro atoms. The van der Waals surface area contributed by atoms with Gasteiger partial charge >= 0.3 is 0 Å². The van der Waals surface area contributed by atoms with Gasteiger partial charge in [0.15, 0.2) is 0 Å². The van der Waals surface area contributed by atoms with Gasteiger partial charge in [-0.05, 0) is 30.7 Å². The molecule has 0 aliphatic rings. The molecular weight excluding hydrogens is 306 g/mol. The molecule has 0 unspecified atom stereocenters. The van der Waals surface area contributed by atoms with Crippen LogP contribution < -0.4 is 5.32 Å². The predicted octanol–water partition coefficient (Wildman–Crippen LogP) is 3.48. The zero-order valence-electron chi connectivity index (χ0n) is 11.5. The number of rotatable bonds is 3. The quantitative estimate of drug-likeness (QED) is 0.803. The summed E-state index contributed by atoms with van der Waals surface area (Å²) in [6, 6.07) is 7.73. The lowest BCUT2D eigenvalue weighted by Gasteiger charge is -2.09. The van der Waals surface area contributed by atoms with Crippen LogP contribution in [0.4, 0.5) is 5.69 Å². The molecule has 3 aromatic rings. The molecule has 1 N–H and O–H groups in total. The van der Waals surface area contributed by atoms with Gasteiger partial charge in [0.2, 0.25) is 0 Å². The van der Waals surface area contributed by atoms with Gasteiger partial charge in [-0.25, -0.2) is 0 Å². The highest BCUT2D eigenvalue weighted by Crippen LogP contribution is 2.30. The topological polar surface area (TPSA) is 66.5 Å². The number of hydrogen-bond donors (Lipinski definition) is 1. The Hall–Kier alpha value is -2.10. The zero-order chi connectivity index (χ0) is 15.0. The van der Waals surface area contributed by atoms with Gasteiger partial charge in [0, 0.05) is 19.3 Å². The number of benzene rings is 1. The van der Waals surface area contributed by atoms with Crippen molar-refractivity contribution in [2.75, 3.05) is 5.32 Å². The molecule has 0 saturated carbocycles. The van der Waals surface area contributed by atoms with Crippen molar-refractivity contribution in [1.29, 1.82) is 5.26 Å². The largest absolute Gasteiger partial charge is 0.378 e. The number of anilines is 1. The molecule has 0 amide bonds. The van der Waals surface area contributed by atoms with Crippen LogP contribution in [0, 0.1) is 18.3 Å².